The van der Waals surface area contributed by atoms with E-state index >= 15 is 4.79 Å². The first kappa shape index (κ1) is 52.6. The number of aliphatic carboxylic acids is 2. The van der Waals surface area contributed by atoms with Gasteiger partial charge in [0, 0.05) is 5.92 Å². The first-order chi connectivity index (χ1) is 32.0. The fourth-order valence-corrected chi connectivity index (χ4v) is 14.8. The van der Waals surface area contributed by atoms with Gasteiger partial charge in [-0.1, -0.05) is 47.1 Å². The first-order valence-electron chi connectivity index (χ1n) is 24.3. The molecule has 3 heterocycles. The van der Waals surface area contributed by atoms with Crippen LogP contribution in [-0.2, 0) is 47.6 Å². The zero-order valence-corrected chi connectivity index (χ0v) is 40.1. The molecule has 390 valence electrons. The lowest BCUT2D eigenvalue weighted by molar-refractivity contribution is -0.371. The van der Waals surface area contributed by atoms with E-state index in [9.17, 15) is 70.6 Å². The lowest BCUT2D eigenvalue weighted by Gasteiger charge is -2.70. The van der Waals surface area contributed by atoms with E-state index in [1.165, 1.54) is 0 Å². The minimum absolute atomic E-state index is 0.0173. The van der Waals surface area contributed by atoms with Crippen LogP contribution in [0.2, 0.25) is 0 Å². The van der Waals surface area contributed by atoms with Crippen LogP contribution in [0.4, 0.5) is 0 Å². The van der Waals surface area contributed by atoms with E-state index in [1.807, 2.05) is 19.9 Å². The maximum atomic E-state index is 15.2. The highest BCUT2D eigenvalue weighted by molar-refractivity contribution is 5.95. The van der Waals surface area contributed by atoms with Crippen LogP contribution in [0.15, 0.2) is 11.6 Å². The summed E-state index contributed by atoms with van der Waals surface area (Å²) in [5.74, 6) is -4.80. The summed E-state index contributed by atoms with van der Waals surface area (Å²) in [7, 11) is 0. The van der Waals surface area contributed by atoms with E-state index in [2.05, 4.69) is 27.7 Å². The van der Waals surface area contributed by atoms with E-state index in [4.69, 9.17) is 28.4 Å². The minimum atomic E-state index is -2.08. The van der Waals surface area contributed by atoms with Gasteiger partial charge in [0.2, 0.25) is 6.29 Å². The molecule has 0 amide bonds. The van der Waals surface area contributed by atoms with Gasteiger partial charge in [0.15, 0.2) is 30.6 Å². The summed E-state index contributed by atoms with van der Waals surface area (Å²) in [6, 6.07) is 0. The molecule has 0 aromatic rings. The van der Waals surface area contributed by atoms with Crippen LogP contribution >= 0.6 is 0 Å². The van der Waals surface area contributed by atoms with Crippen LogP contribution in [0.3, 0.4) is 0 Å². The molecule has 0 aromatic heterocycles. The molecule has 21 heteroatoms. The molecule has 0 unspecified atom stereocenters. The van der Waals surface area contributed by atoms with Gasteiger partial charge in [0.1, 0.15) is 61.0 Å². The number of carboxylic acid groups (broad SMARTS) is 2. The van der Waals surface area contributed by atoms with Gasteiger partial charge in [-0.25, -0.2) is 9.59 Å². The summed E-state index contributed by atoms with van der Waals surface area (Å²) >= 11 is 0. The Bertz CT molecular complexity index is 2050. The minimum Gasteiger partial charge on any atom is -0.479 e. The van der Waals surface area contributed by atoms with Crippen molar-refractivity contribution in [1.82, 2.24) is 0 Å². The number of allylic oxidation sites excluding steroid dienone is 2. The van der Waals surface area contributed by atoms with Gasteiger partial charge < -0.3 is 84.6 Å². The highest BCUT2D eigenvalue weighted by Crippen LogP contribution is 2.75. The SMILES string of the molecule is CC1(C)[C@@H](O[C@H]2O[C@H](C(=O)O)[C@@H](O)[C@H](O)[C@H]2O[C@@H]2O[C@H](C(=O)O)[C@@H](O)[C@H](O)[C@H]2O)CC[C@]2(C)[C@H]3C(=O)C=C4[C@@H]5C[C@@](C)(C(=O)O[C@@H]6O[C@H](CO)[C@@H](O)[C@H](O)[C@H]6O)CC[C@]5(C)CC[C@@]4(C)[C@]3(C)CC[C@@H]12. The zero-order valence-electron chi connectivity index (χ0n) is 40.1. The lowest BCUT2D eigenvalue weighted by atomic mass is 9.33. The molecule has 8 rings (SSSR count). The number of ketones is 1. The number of fused-ring (bicyclic) bond motifs is 7. The molecule has 5 aliphatic carbocycles. The number of aliphatic hydroxyl groups excluding tert-OH is 9. The Kier molecular flexibility index (Phi) is 13.7. The Morgan fingerprint density at radius 1 is 0.652 bits per heavy atom. The van der Waals surface area contributed by atoms with Gasteiger partial charge in [-0.3, -0.25) is 9.59 Å². The van der Waals surface area contributed by atoms with Crippen molar-refractivity contribution < 1.29 is 104 Å². The topological polar surface area (TPSA) is 346 Å². The zero-order chi connectivity index (χ0) is 50.9. The molecule has 0 spiro atoms. The molecule has 11 N–H and O–H groups in total. The number of hydrogen-bond acceptors (Lipinski definition) is 19. The van der Waals surface area contributed by atoms with Crippen molar-refractivity contribution in [2.75, 3.05) is 6.61 Å². The molecular formula is C48H72O21. The van der Waals surface area contributed by atoms with Crippen LogP contribution in [0.1, 0.15) is 106 Å². The maximum absolute atomic E-state index is 15.2. The standard InChI is InChI=1S/C48H72O21/c1-43(2)23-8-11-48(7)36(21(50)16-19-20-17-45(4,13-12-44(20,3)14-15-47(19,48)6)42(63)69-39-31(57)26(52)25(51)22(18-49)64-39)46(23,5)10-9-24(43)65-41-35(30(56)29(55)34(67-41)38(61)62)68-40-32(58)27(53)28(54)33(66-40)37(59)60/h16,20,22-36,39-41,49,51-58H,8-15,17-18H2,1-7H3,(H,59,60)(H,61,62)/t20-,22+,23-,24-,25+,26-,27-,28-,29-,30-,31+,32+,33-,34-,35+,36+,39-,40-,41-,44+,45-,46-,47+,48+/m0/s1. The number of carbonyl (C=O) groups is 4. The van der Waals surface area contributed by atoms with Gasteiger partial charge >= 0.3 is 17.9 Å². The third-order valence-corrected chi connectivity index (χ3v) is 19.3. The highest BCUT2D eigenvalue weighted by atomic mass is 16.8. The largest absolute Gasteiger partial charge is 0.479 e. The molecule has 0 bridgehead atoms. The number of esters is 1. The number of ether oxygens (including phenoxy) is 6. The highest BCUT2D eigenvalue weighted by Gasteiger charge is 2.71. The molecule has 24 atom stereocenters. The number of carbonyl (C=O) groups excluding carboxylic acids is 2. The van der Waals surface area contributed by atoms with Crippen LogP contribution < -0.4 is 0 Å². The summed E-state index contributed by atoms with van der Waals surface area (Å²) in [6.07, 6.45) is -21.6. The number of carboxylic acids is 2. The summed E-state index contributed by atoms with van der Waals surface area (Å²) in [5, 5.41) is 114. The third-order valence-electron chi connectivity index (χ3n) is 19.3. The van der Waals surface area contributed by atoms with Gasteiger partial charge in [-0.2, -0.15) is 0 Å². The molecule has 0 radical (unpaired) electrons. The summed E-state index contributed by atoms with van der Waals surface area (Å²) in [5.41, 5.74) is -2.69. The van der Waals surface area contributed by atoms with Crippen LogP contribution in [0.25, 0.3) is 0 Å². The Labute approximate surface area is 399 Å². The van der Waals surface area contributed by atoms with Crippen LogP contribution in [-0.4, -0.2) is 185 Å². The predicted molar refractivity (Wildman–Crippen MR) is 232 cm³/mol. The normalized spacial score (nSPS) is 52.8. The van der Waals surface area contributed by atoms with Gasteiger partial charge in [0.25, 0.3) is 0 Å². The van der Waals surface area contributed by atoms with Crippen molar-refractivity contribution in [1.29, 1.82) is 0 Å². The molecule has 8 aliphatic rings. The molecular weight excluding hydrogens is 913 g/mol. The number of hydrogen-bond donors (Lipinski definition) is 11. The molecule has 3 saturated heterocycles. The monoisotopic (exact) mass is 984 g/mol. The van der Waals surface area contributed by atoms with E-state index in [0.29, 0.717) is 44.9 Å². The van der Waals surface area contributed by atoms with E-state index in [1.54, 1.807) is 6.92 Å². The average molecular weight is 985 g/mol. The molecule has 21 nitrogen and oxygen atoms in total. The lowest BCUT2D eigenvalue weighted by Crippen LogP contribution is -2.68. The predicted octanol–water partition coefficient (Wildman–Crippen LogP) is -0.496. The molecule has 3 aliphatic heterocycles. The fraction of sp³-hybridized carbons (Fsp3) is 0.875. The van der Waals surface area contributed by atoms with Gasteiger partial charge in [-0.15, -0.1) is 0 Å². The Balaban J connectivity index is 1.04. The second kappa shape index (κ2) is 18.0. The second-order valence-corrected chi connectivity index (χ2v) is 23.4. The van der Waals surface area contributed by atoms with Crippen molar-refractivity contribution in [2.24, 2.45) is 50.2 Å². The summed E-state index contributed by atoms with van der Waals surface area (Å²) in [4.78, 5) is 53.4. The van der Waals surface area contributed by atoms with E-state index < -0.39 is 156 Å². The molecule has 4 saturated carbocycles. The van der Waals surface area contributed by atoms with Crippen LogP contribution in [0.5, 0.6) is 0 Å². The molecule has 69 heavy (non-hydrogen) atoms. The third kappa shape index (κ3) is 8.13. The van der Waals surface area contributed by atoms with Crippen LogP contribution in [0, 0.1) is 50.2 Å². The second-order valence-electron chi connectivity index (χ2n) is 23.4. The van der Waals surface area contributed by atoms with E-state index in [0.717, 1.165) is 18.4 Å². The van der Waals surface area contributed by atoms with Crippen molar-refractivity contribution in [3.63, 3.8) is 0 Å². The Morgan fingerprint density at radius 3 is 1.86 bits per heavy atom. The quantitative estimate of drug-likeness (QED) is 0.102. The Morgan fingerprint density at radius 2 is 1.23 bits per heavy atom. The van der Waals surface area contributed by atoms with Gasteiger partial charge in [-0.05, 0) is 110 Å². The van der Waals surface area contributed by atoms with Crippen molar-refractivity contribution in [3.05, 3.63) is 11.6 Å². The number of rotatable bonds is 9. The van der Waals surface area contributed by atoms with Gasteiger partial charge in [0.05, 0.1) is 18.1 Å². The first-order valence-corrected chi connectivity index (χ1v) is 24.3. The summed E-state index contributed by atoms with van der Waals surface area (Å²) < 4.78 is 34.7. The smallest absolute Gasteiger partial charge is 0.335 e. The maximum Gasteiger partial charge on any atom is 0.335 e. The van der Waals surface area contributed by atoms with Crippen molar-refractivity contribution >= 4 is 23.7 Å². The van der Waals surface area contributed by atoms with Crippen molar-refractivity contribution in [3.8, 4) is 0 Å². The molecule has 7 fully saturated rings. The summed E-state index contributed by atoms with van der Waals surface area (Å²) in [6.45, 7) is 13.9. The average Bonchev–Trinajstić information content (AvgIpc) is 3.27. The molecule has 0 aromatic carbocycles. The van der Waals surface area contributed by atoms with Crippen molar-refractivity contribution in [2.45, 2.75) is 204 Å². The Hall–Kier alpha value is -2.74. The number of aliphatic hydroxyl groups is 9. The van der Waals surface area contributed by atoms with E-state index in [-0.39, 0.29) is 23.0 Å². The fourth-order valence-electron chi connectivity index (χ4n) is 14.8.